The van der Waals surface area contributed by atoms with Crippen molar-refractivity contribution in [2.24, 2.45) is 11.7 Å². The van der Waals surface area contributed by atoms with Gasteiger partial charge in [0.15, 0.2) is 0 Å². The molecule has 0 saturated heterocycles. The van der Waals surface area contributed by atoms with E-state index in [1.165, 1.54) is 12.1 Å². The van der Waals surface area contributed by atoms with Gasteiger partial charge < -0.3 is 15.6 Å². The summed E-state index contributed by atoms with van der Waals surface area (Å²) in [5.41, 5.74) is 8.73. The van der Waals surface area contributed by atoms with Crippen molar-refractivity contribution in [1.82, 2.24) is 14.9 Å². The molecule has 1 aromatic heterocycles. The molecule has 6 heteroatoms. The third-order valence-corrected chi connectivity index (χ3v) is 5.34. The highest BCUT2D eigenvalue weighted by Crippen LogP contribution is 2.26. The van der Waals surface area contributed by atoms with Crippen LogP contribution in [0, 0.1) is 11.7 Å². The number of para-hydroxylation sites is 2. The number of amides is 1. The van der Waals surface area contributed by atoms with Crippen molar-refractivity contribution in [1.29, 1.82) is 0 Å². The van der Waals surface area contributed by atoms with Gasteiger partial charge >= 0.3 is 0 Å². The Hall–Kier alpha value is -2.73. The second-order valence-corrected chi connectivity index (χ2v) is 7.27. The number of carbonyl (C=O) groups is 1. The number of carbonyl (C=O) groups excluding carboxylic acids is 1. The minimum Gasteiger partial charge on any atom is -0.347 e. The summed E-state index contributed by atoms with van der Waals surface area (Å²) in [5.74, 6) is -0.331. The van der Waals surface area contributed by atoms with Crippen molar-refractivity contribution in [3.63, 3.8) is 0 Å². The van der Waals surface area contributed by atoms with E-state index in [0.29, 0.717) is 6.54 Å². The van der Waals surface area contributed by atoms with Crippen LogP contribution in [0.3, 0.4) is 0 Å². The molecule has 4 rings (SSSR count). The maximum atomic E-state index is 13.4. The Morgan fingerprint density at radius 2 is 2.00 bits per heavy atom. The monoisotopic (exact) mass is 366 g/mol. The van der Waals surface area contributed by atoms with Crippen molar-refractivity contribution in [3.8, 4) is 0 Å². The van der Waals surface area contributed by atoms with E-state index in [1.807, 2.05) is 28.8 Å². The lowest BCUT2D eigenvalue weighted by atomic mass is 10.0. The predicted molar refractivity (Wildman–Crippen MR) is 102 cm³/mol. The zero-order chi connectivity index (χ0) is 18.8. The number of fused-ring (bicyclic) bond motifs is 1. The standard InChI is InChI=1S/C21H23FN4O/c22-16-8-5-14(6-9-16)19(25-21(27)15-7-10-17(23)11-15)12-26-13-24-18-3-1-2-4-20(18)26/h1-6,8-9,13,15,17,19H,7,10-12,23H2,(H,25,27). The molecule has 1 heterocycles. The Bertz CT molecular complexity index is 937. The first-order chi connectivity index (χ1) is 13.1. The lowest BCUT2D eigenvalue weighted by molar-refractivity contribution is -0.125. The number of nitrogens with two attached hydrogens (primary N) is 1. The summed E-state index contributed by atoms with van der Waals surface area (Å²) < 4.78 is 15.4. The highest BCUT2D eigenvalue weighted by molar-refractivity contribution is 5.79. The minimum atomic E-state index is -0.293. The molecule has 1 aliphatic rings. The average Bonchev–Trinajstić information content (AvgIpc) is 3.28. The van der Waals surface area contributed by atoms with E-state index in [1.54, 1.807) is 18.5 Å². The fourth-order valence-electron chi connectivity index (χ4n) is 3.83. The van der Waals surface area contributed by atoms with Crippen LogP contribution >= 0.6 is 0 Å². The van der Waals surface area contributed by atoms with Crippen molar-refractivity contribution >= 4 is 16.9 Å². The van der Waals surface area contributed by atoms with E-state index in [2.05, 4.69) is 10.3 Å². The SMILES string of the molecule is NC1CCC(C(=O)NC(Cn2cnc3ccccc32)c2ccc(F)cc2)C1. The van der Waals surface area contributed by atoms with Gasteiger partial charge in [0, 0.05) is 18.5 Å². The van der Waals surface area contributed by atoms with E-state index in [0.717, 1.165) is 35.9 Å². The molecule has 0 spiro atoms. The van der Waals surface area contributed by atoms with Crippen LogP contribution in [0.5, 0.6) is 0 Å². The number of benzene rings is 2. The van der Waals surface area contributed by atoms with Crippen LogP contribution in [0.4, 0.5) is 4.39 Å². The number of nitrogens with zero attached hydrogens (tertiary/aromatic N) is 2. The maximum absolute atomic E-state index is 13.4. The lowest BCUT2D eigenvalue weighted by Crippen LogP contribution is -2.35. The third-order valence-electron chi connectivity index (χ3n) is 5.34. The molecule has 3 aromatic rings. The van der Waals surface area contributed by atoms with Gasteiger partial charge in [0.05, 0.1) is 23.4 Å². The number of halogens is 1. The van der Waals surface area contributed by atoms with E-state index in [4.69, 9.17) is 5.73 Å². The van der Waals surface area contributed by atoms with Crippen LogP contribution in [0.2, 0.25) is 0 Å². The molecule has 0 radical (unpaired) electrons. The van der Waals surface area contributed by atoms with Crippen LogP contribution in [0.1, 0.15) is 30.9 Å². The molecular weight excluding hydrogens is 343 g/mol. The largest absolute Gasteiger partial charge is 0.347 e. The van der Waals surface area contributed by atoms with Crippen molar-refractivity contribution in [2.75, 3.05) is 0 Å². The summed E-state index contributed by atoms with van der Waals surface area (Å²) in [6, 6.07) is 14.0. The summed E-state index contributed by atoms with van der Waals surface area (Å²) >= 11 is 0. The normalized spacial score (nSPS) is 20.7. The van der Waals surface area contributed by atoms with E-state index in [-0.39, 0.29) is 29.7 Å². The summed E-state index contributed by atoms with van der Waals surface area (Å²) in [6.07, 6.45) is 4.19. The summed E-state index contributed by atoms with van der Waals surface area (Å²) in [6.45, 7) is 0.524. The first kappa shape index (κ1) is 17.7. The molecule has 3 atom stereocenters. The smallest absolute Gasteiger partial charge is 0.223 e. The molecule has 0 aliphatic heterocycles. The quantitative estimate of drug-likeness (QED) is 0.728. The molecule has 3 N–H and O–H groups in total. The molecule has 5 nitrogen and oxygen atoms in total. The van der Waals surface area contributed by atoms with Crippen LogP contribution in [0.15, 0.2) is 54.9 Å². The Labute approximate surface area is 157 Å². The summed E-state index contributed by atoms with van der Waals surface area (Å²) in [5, 5.41) is 3.15. The number of imidazole rings is 1. The molecule has 1 aliphatic carbocycles. The Morgan fingerprint density at radius 1 is 1.22 bits per heavy atom. The van der Waals surface area contributed by atoms with Crippen LogP contribution in [-0.4, -0.2) is 21.5 Å². The maximum Gasteiger partial charge on any atom is 0.223 e. The Morgan fingerprint density at radius 3 is 2.74 bits per heavy atom. The van der Waals surface area contributed by atoms with E-state index < -0.39 is 0 Å². The van der Waals surface area contributed by atoms with Crippen LogP contribution in [-0.2, 0) is 11.3 Å². The second-order valence-electron chi connectivity index (χ2n) is 7.27. The van der Waals surface area contributed by atoms with Crippen LogP contribution in [0.25, 0.3) is 11.0 Å². The van der Waals surface area contributed by atoms with Crippen molar-refractivity contribution in [3.05, 3.63) is 66.2 Å². The number of nitrogens with one attached hydrogen (secondary N) is 1. The molecule has 3 unspecified atom stereocenters. The van der Waals surface area contributed by atoms with Gasteiger partial charge in [-0.15, -0.1) is 0 Å². The number of hydrogen-bond donors (Lipinski definition) is 2. The van der Waals surface area contributed by atoms with E-state index in [9.17, 15) is 9.18 Å². The van der Waals surface area contributed by atoms with Crippen molar-refractivity contribution < 1.29 is 9.18 Å². The van der Waals surface area contributed by atoms with Gasteiger partial charge in [-0.1, -0.05) is 24.3 Å². The molecule has 1 amide bonds. The minimum absolute atomic E-state index is 0.0155. The lowest BCUT2D eigenvalue weighted by Gasteiger charge is -2.22. The van der Waals surface area contributed by atoms with Gasteiger partial charge in [0.2, 0.25) is 5.91 Å². The highest BCUT2D eigenvalue weighted by atomic mass is 19.1. The van der Waals surface area contributed by atoms with Gasteiger partial charge in [-0.3, -0.25) is 4.79 Å². The summed E-state index contributed by atoms with van der Waals surface area (Å²) in [7, 11) is 0. The molecule has 27 heavy (non-hydrogen) atoms. The van der Waals surface area contributed by atoms with Gasteiger partial charge in [-0.05, 0) is 49.1 Å². The zero-order valence-electron chi connectivity index (χ0n) is 15.0. The third kappa shape index (κ3) is 3.85. The second kappa shape index (κ2) is 7.48. The highest BCUT2D eigenvalue weighted by Gasteiger charge is 2.29. The number of rotatable bonds is 5. The predicted octanol–water partition coefficient (Wildman–Crippen LogP) is 3.16. The van der Waals surface area contributed by atoms with Gasteiger partial charge in [0.1, 0.15) is 5.82 Å². The first-order valence-corrected chi connectivity index (χ1v) is 9.31. The van der Waals surface area contributed by atoms with Gasteiger partial charge in [-0.2, -0.15) is 0 Å². The number of aromatic nitrogens is 2. The topological polar surface area (TPSA) is 72.9 Å². The summed E-state index contributed by atoms with van der Waals surface area (Å²) in [4.78, 5) is 17.2. The van der Waals surface area contributed by atoms with Gasteiger partial charge in [-0.25, -0.2) is 9.37 Å². The molecule has 2 aromatic carbocycles. The average molecular weight is 366 g/mol. The Balaban J connectivity index is 1.59. The zero-order valence-corrected chi connectivity index (χ0v) is 15.0. The van der Waals surface area contributed by atoms with Crippen LogP contribution < -0.4 is 11.1 Å². The Kier molecular flexibility index (Phi) is 4.90. The first-order valence-electron chi connectivity index (χ1n) is 9.31. The van der Waals surface area contributed by atoms with E-state index >= 15 is 0 Å². The molecule has 0 bridgehead atoms. The number of hydrogen-bond acceptors (Lipinski definition) is 3. The fraction of sp³-hybridized carbons (Fsp3) is 0.333. The fourth-order valence-corrected chi connectivity index (χ4v) is 3.83. The van der Waals surface area contributed by atoms with Gasteiger partial charge in [0.25, 0.3) is 0 Å². The molecule has 1 saturated carbocycles. The molecular formula is C21H23FN4O. The molecule has 140 valence electrons. The van der Waals surface area contributed by atoms with Crippen molar-refractivity contribution in [2.45, 2.75) is 37.9 Å². The molecule has 1 fully saturated rings.